The van der Waals surface area contributed by atoms with E-state index in [4.69, 9.17) is 0 Å². The molecule has 0 aliphatic heterocycles. The van der Waals surface area contributed by atoms with Gasteiger partial charge in [-0.25, -0.2) is 9.59 Å². The molecule has 1 aromatic heterocycles. The van der Waals surface area contributed by atoms with Crippen LogP contribution in [-0.2, 0) is 18.3 Å². The van der Waals surface area contributed by atoms with Crippen LogP contribution in [0.25, 0.3) is 11.0 Å². The summed E-state index contributed by atoms with van der Waals surface area (Å²) in [6.07, 6.45) is 0. The van der Waals surface area contributed by atoms with Crippen molar-refractivity contribution in [3.05, 3.63) is 38.3 Å². The lowest BCUT2D eigenvalue weighted by Gasteiger charge is -2.03. The molecule has 2 rings (SSSR count). The first kappa shape index (κ1) is 13.8. The number of hydrogen-bond donors (Lipinski definition) is 0. The lowest BCUT2D eigenvalue weighted by atomic mass is 10.1. The third-order valence-corrected chi connectivity index (χ3v) is 3.18. The number of nitrogens with zero attached hydrogens (tertiary/aromatic N) is 3. The van der Waals surface area contributed by atoms with Gasteiger partial charge in [-0.1, -0.05) is 0 Å². The van der Waals surface area contributed by atoms with E-state index in [9.17, 15) is 19.7 Å². The summed E-state index contributed by atoms with van der Waals surface area (Å²) in [6.45, 7) is 2.14. The number of nitro benzene ring substituents is 1. The molecule has 0 aliphatic rings. The van der Waals surface area contributed by atoms with E-state index in [1.165, 1.54) is 21.3 Å². The number of esters is 1. The lowest BCUT2D eigenvalue weighted by molar-refractivity contribution is -0.385. The highest BCUT2D eigenvalue weighted by molar-refractivity contribution is 5.98. The summed E-state index contributed by atoms with van der Waals surface area (Å²) in [5.74, 6) is -0.810. The number of carbonyl (C=O) groups excluding carboxylic acids is 1. The van der Waals surface area contributed by atoms with Gasteiger partial charge in [-0.3, -0.25) is 19.2 Å². The summed E-state index contributed by atoms with van der Waals surface area (Å²) in [6, 6.07) is 2.54. The van der Waals surface area contributed by atoms with Crippen LogP contribution in [0.1, 0.15) is 17.3 Å². The molecule has 1 aromatic carbocycles. The van der Waals surface area contributed by atoms with Crippen molar-refractivity contribution >= 4 is 22.7 Å². The number of fused-ring (bicyclic) bond motifs is 1. The van der Waals surface area contributed by atoms with Crippen molar-refractivity contribution in [3.63, 3.8) is 0 Å². The fourth-order valence-corrected chi connectivity index (χ4v) is 2.17. The van der Waals surface area contributed by atoms with Gasteiger partial charge in [0.25, 0.3) is 5.69 Å². The number of ether oxygens (including phenoxy) is 1. The van der Waals surface area contributed by atoms with Gasteiger partial charge in [-0.05, 0) is 13.0 Å². The second kappa shape index (κ2) is 4.80. The number of aryl methyl sites for hydroxylation is 2. The van der Waals surface area contributed by atoms with E-state index in [2.05, 4.69) is 4.74 Å². The van der Waals surface area contributed by atoms with Gasteiger partial charge in [-0.15, -0.1) is 0 Å². The van der Waals surface area contributed by atoms with Crippen LogP contribution in [0.2, 0.25) is 0 Å². The first-order valence-electron chi connectivity index (χ1n) is 5.88. The molecule has 0 bridgehead atoms. The Balaban J connectivity index is 2.92. The minimum absolute atomic E-state index is 0.172. The Bertz CT molecular complexity index is 771. The van der Waals surface area contributed by atoms with Crippen LogP contribution >= 0.6 is 0 Å². The first-order chi connectivity index (χ1) is 9.42. The summed E-state index contributed by atoms with van der Waals surface area (Å²) in [7, 11) is 2.69. The monoisotopic (exact) mass is 279 g/mol. The molecule has 0 saturated carbocycles. The number of carbonyl (C=O) groups is 1. The van der Waals surface area contributed by atoms with E-state index in [1.807, 2.05) is 0 Å². The minimum atomic E-state index is -0.810. The zero-order chi connectivity index (χ0) is 15.0. The quantitative estimate of drug-likeness (QED) is 0.475. The maximum absolute atomic E-state index is 12.0. The molecule has 0 aliphatic carbocycles. The smallest absolute Gasteiger partial charge is 0.344 e. The topological polar surface area (TPSA) is 96.4 Å². The number of rotatable bonds is 3. The Morgan fingerprint density at radius 2 is 2.05 bits per heavy atom. The van der Waals surface area contributed by atoms with Gasteiger partial charge in [0, 0.05) is 19.7 Å². The summed E-state index contributed by atoms with van der Waals surface area (Å²) < 4.78 is 7.29. The molecule has 0 atom stereocenters. The van der Waals surface area contributed by atoms with Crippen molar-refractivity contribution in [2.24, 2.45) is 7.05 Å². The third-order valence-electron chi connectivity index (χ3n) is 3.18. The second-order valence-corrected chi connectivity index (χ2v) is 4.19. The van der Waals surface area contributed by atoms with Crippen molar-refractivity contribution in [1.82, 2.24) is 9.13 Å². The Morgan fingerprint density at radius 1 is 1.40 bits per heavy atom. The molecule has 1 heterocycles. The molecule has 0 saturated heterocycles. The fraction of sp³-hybridized carbons (Fsp3) is 0.333. The van der Waals surface area contributed by atoms with Crippen LogP contribution in [0, 0.1) is 10.1 Å². The van der Waals surface area contributed by atoms with Crippen molar-refractivity contribution in [2.75, 3.05) is 7.11 Å². The Morgan fingerprint density at radius 3 is 2.55 bits per heavy atom. The van der Waals surface area contributed by atoms with Crippen LogP contribution in [0.3, 0.4) is 0 Å². The number of imidazole rings is 1. The van der Waals surface area contributed by atoms with Crippen molar-refractivity contribution in [1.29, 1.82) is 0 Å². The van der Waals surface area contributed by atoms with Crippen molar-refractivity contribution in [3.8, 4) is 0 Å². The molecule has 0 amide bonds. The number of nitro groups is 1. The van der Waals surface area contributed by atoms with E-state index in [0.29, 0.717) is 17.6 Å². The summed E-state index contributed by atoms with van der Waals surface area (Å²) in [5.41, 5.74) is 0.0204. The van der Waals surface area contributed by atoms with E-state index < -0.39 is 10.9 Å². The molecule has 0 N–H and O–H groups in total. The SMILES string of the molecule is CCn1c(=O)n(C)c2cc(C(=O)OC)c([N+](=O)[O-])cc21. The Kier molecular flexibility index (Phi) is 3.31. The standard InChI is InChI=1S/C12H13N3O5/c1-4-14-10-6-8(15(18)19)7(11(16)20-3)5-9(10)13(2)12(14)17/h5-6H,4H2,1-3H3. The molecular weight excluding hydrogens is 266 g/mol. The van der Waals surface area contributed by atoms with E-state index in [1.54, 1.807) is 14.0 Å². The zero-order valence-corrected chi connectivity index (χ0v) is 11.2. The second-order valence-electron chi connectivity index (χ2n) is 4.19. The predicted octanol–water partition coefficient (Wildman–Crippen LogP) is 1.05. The summed E-state index contributed by atoms with van der Waals surface area (Å²) in [4.78, 5) is 34.0. The molecule has 20 heavy (non-hydrogen) atoms. The highest BCUT2D eigenvalue weighted by Crippen LogP contribution is 2.26. The largest absolute Gasteiger partial charge is 0.465 e. The number of methoxy groups -OCH3 is 1. The highest BCUT2D eigenvalue weighted by atomic mass is 16.6. The third kappa shape index (κ3) is 1.85. The molecule has 8 heteroatoms. The van der Waals surface area contributed by atoms with Gasteiger partial charge < -0.3 is 4.74 Å². The lowest BCUT2D eigenvalue weighted by Crippen LogP contribution is -2.21. The van der Waals surface area contributed by atoms with Crippen molar-refractivity contribution < 1.29 is 14.5 Å². The molecule has 2 aromatic rings. The van der Waals surface area contributed by atoms with E-state index in [-0.39, 0.29) is 16.9 Å². The Hall–Kier alpha value is -2.64. The van der Waals surface area contributed by atoms with Gasteiger partial charge in [0.15, 0.2) is 0 Å². The van der Waals surface area contributed by atoms with E-state index in [0.717, 1.165) is 7.11 Å². The maximum Gasteiger partial charge on any atom is 0.344 e. The van der Waals surface area contributed by atoms with Gasteiger partial charge in [0.2, 0.25) is 0 Å². The molecule has 0 fully saturated rings. The summed E-state index contributed by atoms with van der Waals surface area (Å²) >= 11 is 0. The van der Waals surface area contributed by atoms with Gasteiger partial charge >= 0.3 is 11.7 Å². The molecule has 0 unspecified atom stereocenters. The molecule has 0 radical (unpaired) electrons. The predicted molar refractivity (Wildman–Crippen MR) is 70.8 cm³/mol. The van der Waals surface area contributed by atoms with Gasteiger partial charge in [-0.2, -0.15) is 0 Å². The van der Waals surface area contributed by atoms with Crippen LogP contribution in [0.5, 0.6) is 0 Å². The first-order valence-corrected chi connectivity index (χ1v) is 5.88. The molecule has 106 valence electrons. The van der Waals surface area contributed by atoms with Gasteiger partial charge in [0.05, 0.1) is 23.1 Å². The average Bonchev–Trinajstić information content (AvgIpc) is 2.68. The minimum Gasteiger partial charge on any atom is -0.465 e. The number of benzene rings is 1. The molecular formula is C12H13N3O5. The maximum atomic E-state index is 12.0. The summed E-state index contributed by atoms with van der Waals surface area (Å²) in [5, 5.41) is 11.1. The molecule has 8 nitrogen and oxygen atoms in total. The Labute approximate surface area is 113 Å². The van der Waals surface area contributed by atoms with Crippen LogP contribution in [-0.4, -0.2) is 27.1 Å². The highest BCUT2D eigenvalue weighted by Gasteiger charge is 2.24. The molecule has 0 spiro atoms. The van der Waals surface area contributed by atoms with Crippen molar-refractivity contribution in [2.45, 2.75) is 13.5 Å². The number of aromatic nitrogens is 2. The van der Waals surface area contributed by atoms with Crippen LogP contribution < -0.4 is 5.69 Å². The fourth-order valence-electron chi connectivity index (χ4n) is 2.17. The van der Waals surface area contributed by atoms with Gasteiger partial charge in [0.1, 0.15) is 5.56 Å². The van der Waals surface area contributed by atoms with E-state index >= 15 is 0 Å². The number of hydrogen-bond acceptors (Lipinski definition) is 5. The zero-order valence-electron chi connectivity index (χ0n) is 11.2. The average molecular weight is 279 g/mol. The normalized spacial score (nSPS) is 10.8. The van der Waals surface area contributed by atoms with Crippen LogP contribution in [0.15, 0.2) is 16.9 Å². The van der Waals surface area contributed by atoms with Crippen LogP contribution in [0.4, 0.5) is 5.69 Å².